The zero-order chi connectivity index (χ0) is 28.7. The number of carbonyl (C=O) groups excluding carboxylic acids is 4. The highest BCUT2D eigenvalue weighted by molar-refractivity contribution is 6.06. The Labute approximate surface area is 214 Å². The van der Waals surface area contributed by atoms with Gasteiger partial charge < -0.3 is 9.64 Å². The summed E-state index contributed by atoms with van der Waals surface area (Å²) in [4.78, 5) is 53.0. The summed E-state index contributed by atoms with van der Waals surface area (Å²) in [5, 5.41) is 2.07. The molecule has 1 saturated heterocycles. The van der Waals surface area contributed by atoms with Gasteiger partial charge in [0, 0.05) is 23.8 Å². The molecule has 206 valence electrons. The van der Waals surface area contributed by atoms with Gasteiger partial charge in [0.05, 0.1) is 12.1 Å². The zero-order valence-corrected chi connectivity index (χ0v) is 19.4. The lowest BCUT2D eigenvalue weighted by molar-refractivity contribution is -0.274. The van der Waals surface area contributed by atoms with Crippen LogP contribution in [0.3, 0.4) is 0 Å². The first-order valence-electron chi connectivity index (χ1n) is 11.1. The molecule has 8 nitrogen and oxygen atoms in total. The summed E-state index contributed by atoms with van der Waals surface area (Å²) in [7, 11) is 0. The lowest BCUT2D eigenvalue weighted by Crippen LogP contribution is -2.52. The molecule has 2 aromatic carbocycles. The number of alkyl halides is 6. The number of hydrogen-bond donors (Lipinski definition) is 1. The van der Waals surface area contributed by atoms with Crippen molar-refractivity contribution in [2.45, 2.75) is 43.9 Å². The minimum atomic E-state index is -5.16. The Kier molecular flexibility index (Phi) is 7.19. The van der Waals surface area contributed by atoms with Gasteiger partial charge in [-0.25, -0.2) is 9.38 Å². The number of nitrogens with zero attached hydrogens (tertiary/aromatic N) is 2. The van der Waals surface area contributed by atoms with Crippen LogP contribution in [0.15, 0.2) is 41.4 Å². The van der Waals surface area contributed by atoms with Gasteiger partial charge in [0.2, 0.25) is 11.8 Å². The van der Waals surface area contributed by atoms with E-state index in [1.54, 1.807) is 0 Å². The lowest BCUT2D eigenvalue weighted by atomic mass is 9.99. The van der Waals surface area contributed by atoms with Gasteiger partial charge in [-0.3, -0.25) is 24.5 Å². The minimum Gasteiger partial charge on any atom is -0.406 e. The second kappa shape index (κ2) is 10.1. The monoisotopic (exact) mass is 559 g/mol. The van der Waals surface area contributed by atoms with Crippen molar-refractivity contribution in [1.82, 2.24) is 10.2 Å². The average Bonchev–Trinajstić information content (AvgIpc) is 3.14. The number of aliphatic imine (C=N–C) groups is 1. The fourth-order valence-corrected chi connectivity index (χ4v) is 4.25. The minimum absolute atomic E-state index is 0.00383. The Balaban J connectivity index is 1.58. The molecule has 0 spiro atoms. The Morgan fingerprint density at radius 3 is 2.46 bits per heavy atom. The van der Waals surface area contributed by atoms with Crippen LogP contribution < -0.4 is 10.1 Å². The summed E-state index contributed by atoms with van der Waals surface area (Å²) < 4.78 is 97.2. The van der Waals surface area contributed by atoms with Crippen LogP contribution in [-0.2, 0) is 16.1 Å². The van der Waals surface area contributed by atoms with Gasteiger partial charge in [-0.2, -0.15) is 13.2 Å². The molecule has 2 aromatic rings. The molecular weight excluding hydrogens is 543 g/mol. The first kappa shape index (κ1) is 27.7. The van der Waals surface area contributed by atoms with Gasteiger partial charge >= 0.3 is 12.5 Å². The van der Waals surface area contributed by atoms with E-state index in [4.69, 9.17) is 0 Å². The highest BCUT2D eigenvalue weighted by Crippen LogP contribution is 2.36. The maximum Gasteiger partial charge on any atom is 0.573 e. The zero-order valence-electron chi connectivity index (χ0n) is 19.4. The van der Waals surface area contributed by atoms with Crippen molar-refractivity contribution in [3.63, 3.8) is 0 Å². The van der Waals surface area contributed by atoms with Crippen LogP contribution in [0.4, 0.5) is 30.7 Å². The average molecular weight is 559 g/mol. The number of hydrogen-bond acceptors (Lipinski definition) is 5. The summed E-state index contributed by atoms with van der Waals surface area (Å²) in [5.74, 6) is -8.27. The number of piperidine rings is 1. The molecule has 4 amide bonds. The summed E-state index contributed by atoms with van der Waals surface area (Å²) in [5.41, 5.74) is -1.94. The van der Waals surface area contributed by atoms with E-state index in [1.807, 2.05) is 0 Å². The van der Waals surface area contributed by atoms with E-state index in [1.165, 1.54) is 0 Å². The van der Waals surface area contributed by atoms with Crippen molar-refractivity contribution >= 4 is 29.8 Å². The molecule has 2 aliphatic rings. The second-order valence-electron chi connectivity index (χ2n) is 8.58. The molecule has 0 aliphatic carbocycles. The highest BCUT2D eigenvalue weighted by atomic mass is 19.4. The number of rotatable bonds is 5. The number of amides is 4. The molecule has 2 aliphatic heterocycles. The quantitative estimate of drug-likeness (QED) is 0.338. The molecule has 0 saturated carbocycles. The summed E-state index contributed by atoms with van der Waals surface area (Å²) in [6.45, 7) is -0.436. The topological polar surface area (TPSA) is 105 Å². The largest absolute Gasteiger partial charge is 0.573 e. The maximum absolute atomic E-state index is 15.2. The van der Waals surface area contributed by atoms with Crippen molar-refractivity contribution in [3.05, 3.63) is 64.5 Å². The van der Waals surface area contributed by atoms with Crippen molar-refractivity contribution < 1.29 is 54.6 Å². The number of nitrogens with one attached hydrogen (secondary N) is 1. The molecule has 1 N–H and O–H groups in total. The lowest BCUT2D eigenvalue weighted by Gasteiger charge is -2.29. The van der Waals surface area contributed by atoms with Gasteiger partial charge in [0.15, 0.2) is 0 Å². The predicted octanol–water partition coefficient (Wildman–Crippen LogP) is 4.04. The molecule has 15 heteroatoms. The first-order chi connectivity index (χ1) is 18.2. The third-order valence-corrected chi connectivity index (χ3v) is 6.02. The maximum atomic E-state index is 15.2. The van der Waals surface area contributed by atoms with E-state index >= 15 is 4.39 Å². The fraction of sp³-hybridized carbons (Fsp3) is 0.292. The molecular formula is C24H16F7N3O5. The van der Waals surface area contributed by atoms with E-state index < -0.39 is 77.4 Å². The molecule has 4 rings (SSSR count). The molecule has 2 heterocycles. The van der Waals surface area contributed by atoms with Crippen molar-refractivity contribution in [2.24, 2.45) is 4.99 Å². The smallest absolute Gasteiger partial charge is 0.406 e. The second-order valence-corrected chi connectivity index (χ2v) is 8.58. The Morgan fingerprint density at radius 2 is 1.82 bits per heavy atom. The molecule has 2 unspecified atom stereocenters. The van der Waals surface area contributed by atoms with Crippen molar-refractivity contribution in [1.29, 1.82) is 0 Å². The van der Waals surface area contributed by atoms with Crippen LogP contribution in [0.2, 0.25) is 0 Å². The van der Waals surface area contributed by atoms with Crippen molar-refractivity contribution in [3.8, 4) is 5.75 Å². The van der Waals surface area contributed by atoms with Gasteiger partial charge in [0.25, 0.3) is 11.8 Å². The molecule has 1 fully saturated rings. The van der Waals surface area contributed by atoms with E-state index in [0.717, 1.165) is 35.2 Å². The van der Waals surface area contributed by atoms with Crippen LogP contribution in [0.5, 0.6) is 5.75 Å². The van der Waals surface area contributed by atoms with E-state index in [-0.39, 0.29) is 30.2 Å². The number of carbonyl (C=O) groups is 4. The van der Waals surface area contributed by atoms with Gasteiger partial charge in [-0.15, -0.1) is 13.2 Å². The van der Waals surface area contributed by atoms with Crippen LogP contribution in [0.1, 0.15) is 50.6 Å². The molecule has 0 aromatic heterocycles. The predicted molar refractivity (Wildman–Crippen MR) is 117 cm³/mol. The third kappa shape index (κ3) is 5.91. The van der Waals surface area contributed by atoms with Gasteiger partial charge in [-0.05, 0) is 36.2 Å². The van der Waals surface area contributed by atoms with E-state index in [9.17, 15) is 45.5 Å². The van der Waals surface area contributed by atoms with Crippen LogP contribution in [0, 0.1) is 5.82 Å². The molecule has 0 bridgehead atoms. The normalized spacial score (nSPS) is 18.8. The van der Waals surface area contributed by atoms with Crippen LogP contribution in [-0.4, -0.2) is 53.3 Å². The number of ether oxygens (including phenoxy) is 1. The fourth-order valence-electron chi connectivity index (χ4n) is 4.25. The number of halogens is 7. The number of benzene rings is 2. The van der Waals surface area contributed by atoms with E-state index in [2.05, 4.69) is 15.0 Å². The van der Waals surface area contributed by atoms with E-state index in [0.29, 0.717) is 6.07 Å². The highest BCUT2D eigenvalue weighted by Gasteiger charge is 2.42. The first-order valence-corrected chi connectivity index (χ1v) is 11.1. The number of imide groups is 1. The summed E-state index contributed by atoms with van der Waals surface area (Å²) in [6, 6.07) is 3.84. The number of fused-ring (bicyclic) bond motifs is 1. The Bertz CT molecular complexity index is 1390. The van der Waals surface area contributed by atoms with Crippen molar-refractivity contribution in [2.75, 3.05) is 0 Å². The SMILES string of the molecule is O=C1CCC(N2Cc3c(ccc(C(=O)N=CC(c4cccc(OC(F)(F)F)c4)C(F)(F)F)c3F)C2=O)C(=O)N1. The van der Waals surface area contributed by atoms with Gasteiger partial charge in [-0.1, -0.05) is 12.1 Å². The third-order valence-electron chi connectivity index (χ3n) is 6.02. The molecule has 2 atom stereocenters. The molecule has 39 heavy (non-hydrogen) atoms. The Morgan fingerprint density at radius 1 is 1.10 bits per heavy atom. The van der Waals surface area contributed by atoms with Crippen LogP contribution in [0.25, 0.3) is 0 Å². The molecule has 0 radical (unpaired) electrons. The Hall–Kier alpha value is -4.30. The summed E-state index contributed by atoms with van der Waals surface area (Å²) >= 11 is 0. The standard InChI is InChI=1S/C24H16F7N3O5/c25-19-14(5-4-13-15(19)10-34(22(13)38)17-6-7-18(35)33-21(17)37)20(36)32-9-16(23(26,27)28)11-2-1-3-12(8-11)39-24(29,30)31/h1-5,8-9,16-17H,6-7,10H2,(H,33,35,37). The van der Waals surface area contributed by atoms with Gasteiger partial charge in [0.1, 0.15) is 23.5 Å². The summed E-state index contributed by atoms with van der Waals surface area (Å²) in [6.07, 6.45) is -10.2. The van der Waals surface area contributed by atoms with Crippen LogP contribution >= 0.6 is 0 Å².